The molecule has 0 saturated heterocycles. The number of aryl methyl sites for hydroxylation is 1. The number of nitrogens with one attached hydrogen (secondary N) is 2. The van der Waals surface area contributed by atoms with Gasteiger partial charge in [0.2, 0.25) is 5.91 Å². The normalized spacial score (nSPS) is 10.2. The Morgan fingerprint density at radius 2 is 1.89 bits per heavy atom. The Kier molecular flexibility index (Phi) is 7.20. The van der Waals surface area contributed by atoms with Gasteiger partial charge in [0.05, 0.1) is 12.1 Å². The van der Waals surface area contributed by atoms with Crippen LogP contribution in [0.25, 0.3) is 0 Å². The van der Waals surface area contributed by atoms with Crippen LogP contribution < -0.4 is 21.1 Å². The molecule has 0 aromatic heterocycles. The molecule has 0 atom stereocenters. The molecule has 3 amide bonds. The first-order chi connectivity index (χ1) is 12.8. The van der Waals surface area contributed by atoms with Gasteiger partial charge in [-0.1, -0.05) is 27.5 Å². The predicted molar refractivity (Wildman–Crippen MR) is 106 cm³/mol. The molecule has 0 saturated carbocycles. The van der Waals surface area contributed by atoms with Crippen molar-refractivity contribution >= 4 is 50.9 Å². The zero-order valence-electron chi connectivity index (χ0n) is 14.3. The Balaban J connectivity index is 1.84. The van der Waals surface area contributed by atoms with Crippen molar-refractivity contribution in [1.82, 2.24) is 5.32 Å². The van der Waals surface area contributed by atoms with E-state index in [1.54, 1.807) is 12.1 Å². The van der Waals surface area contributed by atoms with E-state index in [0.29, 0.717) is 10.7 Å². The lowest BCUT2D eigenvalue weighted by atomic mass is 10.2. The highest BCUT2D eigenvalue weighted by Gasteiger charge is 2.13. The van der Waals surface area contributed by atoms with Gasteiger partial charge < -0.3 is 21.1 Å². The topological polar surface area (TPSA) is 111 Å². The molecule has 142 valence electrons. The van der Waals surface area contributed by atoms with E-state index in [4.69, 9.17) is 22.1 Å². The molecule has 2 rings (SSSR count). The van der Waals surface area contributed by atoms with Crippen molar-refractivity contribution in [2.75, 3.05) is 18.5 Å². The standard InChI is InChI=1S/C18H17BrClN3O4/c1-10-6-11(19)2-4-14(10)23-16(24)8-22-17(25)9-27-15-5-3-12(20)7-13(15)18(21)26/h2-7H,8-9H2,1H3,(H2,21,26)(H,22,25)(H,23,24). The van der Waals surface area contributed by atoms with Gasteiger partial charge in [-0.2, -0.15) is 0 Å². The van der Waals surface area contributed by atoms with E-state index in [-0.39, 0.29) is 30.4 Å². The second kappa shape index (κ2) is 9.38. The summed E-state index contributed by atoms with van der Waals surface area (Å²) in [7, 11) is 0. The van der Waals surface area contributed by atoms with Gasteiger partial charge in [0.15, 0.2) is 6.61 Å². The third-order valence-electron chi connectivity index (χ3n) is 3.47. The highest BCUT2D eigenvalue weighted by molar-refractivity contribution is 9.10. The lowest BCUT2D eigenvalue weighted by Gasteiger charge is -2.11. The van der Waals surface area contributed by atoms with Gasteiger partial charge in [0.25, 0.3) is 11.8 Å². The van der Waals surface area contributed by atoms with Crippen LogP contribution in [0.4, 0.5) is 5.69 Å². The third kappa shape index (κ3) is 6.26. The number of primary amides is 1. The Bertz CT molecular complexity index is 889. The van der Waals surface area contributed by atoms with Gasteiger partial charge in [-0.3, -0.25) is 14.4 Å². The molecular weight excluding hydrogens is 438 g/mol. The molecule has 4 N–H and O–H groups in total. The Hall–Kier alpha value is -2.58. The smallest absolute Gasteiger partial charge is 0.258 e. The van der Waals surface area contributed by atoms with Gasteiger partial charge in [0, 0.05) is 15.2 Å². The van der Waals surface area contributed by atoms with Crippen molar-refractivity contribution in [2.45, 2.75) is 6.92 Å². The molecule has 2 aromatic rings. The second-order valence-corrected chi connectivity index (χ2v) is 6.93. The van der Waals surface area contributed by atoms with Gasteiger partial charge in [-0.05, 0) is 48.9 Å². The molecular formula is C18H17BrClN3O4. The van der Waals surface area contributed by atoms with Crippen LogP contribution in [0.2, 0.25) is 5.02 Å². The lowest BCUT2D eigenvalue weighted by Crippen LogP contribution is -2.36. The first-order valence-electron chi connectivity index (χ1n) is 7.81. The predicted octanol–water partition coefficient (Wildman–Crippen LogP) is 2.64. The van der Waals surface area contributed by atoms with Crippen molar-refractivity contribution < 1.29 is 19.1 Å². The van der Waals surface area contributed by atoms with Crippen LogP contribution in [0, 0.1) is 6.92 Å². The molecule has 0 fully saturated rings. The molecule has 0 unspecified atom stereocenters. The number of amides is 3. The summed E-state index contributed by atoms with van der Waals surface area (Å²) >= 11 is 9.15. The molecule has 0 spiro atoms. The fourth-order valence-electron chi connectivity index (χ4n) is 2.16. The van der Waals surface area contributed by atoms with Crippen LogP contribution in [0.3, 0.4) is 0 Å². The van der Waals surface area contributed by atoms with E-state index in [1.165, 1.54) is 18.2 Å². The zero-order chi connectivity index (χ0) is 20.0. The van der Waals surface area contributed by atoms with Gasteiger partial charge >= 0.3 is 0 Å². The summed E-state index contributed by atoms with van der Waals surface area (Å²) in [6.45, 7) is 1.25. The molecule has 7 nitrogen and oxygen atoms in total. The number of ether oxygens (including phenoxy) is 1. The van der Waals surface area contributed by atoms with E-state index in [1.807, 2.05) is 13.0 Å². The molecule has 0 aliphatic carbocycles. The highest BCUT2D eigenvalue weighted by atomic mass is 79.9. The van der Waals surface area contributed by atoms with Crippen LogP contribution in [0.1, 0.15) is 15.9 Å². The number of carbonyl (C=O) groups excluding carboxylic acids is 3. The number of nitrogens with two attached hydrogens (primary N) is 1. The lowest BCUT2D eigenvalue weighted by molar-refractivity contribution is -0.125. The van der Waals surface area contributed by atoms with Crippen LogP contribution in [-0.2, 0) is 9.59 Å². The minimum absolute atomic E-state index is 0.0683. The second-order valence-electron chi connectivity index (χ2n) is 5.58. The maximum absolute atomic E-state index is 12.0. The molecule has 27 heavy (non-hydrogen) atoms. The van der Waals surface area contributed by atoms with Crippen molar-refractivity contribution in [3.05, 3.63) is 57.0 Å². The zero-order valence-corrected chi connectivity index (χ0v) is 16.7. The summed E-state index contributed by atoms with van der Waals surface area (Å²) in [6, 6.07) is 9.73. The maximum Gasteiger partial charge on any atom is 0.258 e. The number of rotatable bonds is 7. The quantitative estimate of drug-likeness (QED) is 0.597. The average molecular weight is 455 g/mol. The first kappa shape index (κ1) is 20.7. The minimum Gasteiger partial charge on any atom is -0.483 e. The number of benzene rings is 2. The number of hydrogen-bond acceptors (Lipinski definition) is 4. The highest BCUT2D eigenvalue weighted by Crippen LogP contribution is 2.22. The maximum atomic E-state index is 12.0. The molecule has 2 aromatic carbocycles. The summed E-state index contributed by atoms with van der Waals surface area (Å²) in [4.78, 5) is 35.2. The number of halogens is 2. The number of hydrogen-bond donors (Lipinski definition) is 3. The Morgan fingerprint density at radius 1 is 1.15 bits per heavy atom. The fourth-order valence-corrected chi connectivity index (χ4v) is 2.80. The van der Waals surface area contributed by atoms with Gasteiger partial charge in [0.1, 0.15) is 5.75 Å². The number of carbonyl (C=O) groups is 3. The van der Waals surface area contributed by atoms with E-state index >= 15 is 0 Å². The van der Waals surface area contributed by atoms with E-state index in [9.17, 15) is 14.4 Å². The molecule has 0 bridgehead atoms. The summed E-state index contributed by atoms with van der Waals surface area (Å²) in [5.74, 6) is -1.49. The first-order valence-corrected chi connectivity index (χ1v) is 8.98. The molecule has 9 heteroatoms. The summed E-state index contributed by atoms with van der Waals surface area (Å²) < 4.78 is 6.19. The molecule has 0 heterocycles. The number of anilines is 1. The minimum atomic E-state index is -0.725. The van der Waals surface area contributed by atoms with E-state index in [0.717, 1.165) is 10.0 Å². The summed E-state index contributed by atoms with van der Waals surface area (Å²) in [5.41, 5.74) is 6.85. The molecule has 0 aliphatic heterocycles. The van der Waals surface area contributed by atoms with Crippen LogP contribution in [-0.4, -0.2) is 30.9 Å². The monoisotopic (exact) mass is 453 g/mol. The van der Waals surface area contributed by atoms with E-state index < -0.39 is 11.8 Å². The third-order valence-corrected chi connectivity index (χ3v) is 4.20. The Labute approximate surface area is 169 Å². The summed E-state index contributed by atoms with van der Waals surface area (Å²) in [6.07, 6.45) is 0. The molecule has 0 aliphatic rings. The fraction of sp³-hybridized carbons (Fsp3) is 0.167. The largest absolute Gasteiger partial charge is 0.483 e. The van der Waals surface area contributed by atoms with Crippen LogP contribution in [0.15, 0.2) is 40.9 Å². The van der Waals surface area contributed by atoms with Crippen molar-refractivity contribution in [3.63, 3.8) is 0 Å². The average Bonchev–Trinajstić information content (AvgIpc) is 2.61. The van der Waals surface area contributed by atoms with Crippen molar-refractivity contribution in [1.29, 1.82) is 0 Å². The van der Waals surface area contributed by atoms with Crippen molar-refractivity contribution in [2.24, 2.45) is 5.73 Å². The SMILES string of the molecule is Cc1cc(Br)ccc1NC(=O)CNC(=O)COc1ccc(Cl)cc1C(N)=O. The molecule has 0 radical (unpaired) electrons. The van der Waals surface area contributed by atoms with Gasteiger partial charge in [-0.25, -0.2) is 0 Å². The Morgan fingerprint density at radius 3 is 2.56 bits per heavy atom. The van der Waals surface area contributed by atoms with Crippen LogP contribution in [0.5, 0.6) is 5.75 Å². The van der Waals surface area contributed by atoms with Crippen molar-refractivity contribution in [3.8, 4) is 5.75 Å². The van der Waals surface area contributed by atoms with Gasteiger partial charge in [-0.15, -0.1) is 0 Å². The van der Waals surface area contributed by atoms with Crippen LogP contribution >= 0.6 is 27.5 Å². The van der Waals surface area contributed by atoms with E-state index in [2.05, 4.69) is 26.6 Å². The summed E-state index contributed by atoms with van der Waals surface area (Å²) in [5, 5.41) is 5.46.